The van der Waals surface area contributed by atoms with Crippen LogP contribution in [0, 0.1) is 0 Å². The summed E-state index contributed by atoms with van der Waals surface area (Å²) in [5, 5.41) is 64.0. The van der Waals surface area contributed by atoms with Crippen molar-refractivity contribution in [2.24, 2.45) is 0 Å². The molecule has 12 nitrogen and oxygen atoms in total. The van der Waals surface area contributed by atoms with E-state index in [1.165, 1.54) is 36.4 Å². The van der Waals surface area contributed by atoms with Gasteiger partial charge < -0.3 is 30.6 Å². The number of aldehydes is 6. The standard InChI is InChI=1S/C62H38O12/c63-25-37-13-31(1-7-55(37)69)43-19-49-50(20-44(43)32-2-8-56(70)38(14-32)26-64)62-53-23-47(35-5-11-59(73)41(17-35)29-67)45(33-3-9-57(71)39(15-33)27-65)21-51(53)61(49)52-22-46(34-4-10-58(72)40(16-34)28-66)48(24-54(52)62)36-6-12-60(74)42(18-36)30-68/h1-30,61-62,69-74H. The molecule has 0 saturated heterocycles. The summed E-state index contributed by atoms with van der Waals surface area (Å²) in [6.45, 7) is 0. The summed E-state index contributed by atoms with van der Waals surface area (Å²) >= 11 is 0. The van der Waals surface area contributed by atoms with Crippen molar-refractivity contribution in [1.82, 2.24) is 0 Å². The topological polar surface area (TPSA) is 224 Å². The second-order valence-corrected chi connectivity index (χ2v) is 18.3. The predicted octanol–water partition coefficient (Wildman–Crippen LogP) is 11.8. The first-order valence-corrected chi connectivity index (χ1v) is 23.1. The molecule has 3 aliphatic rings. The zero-order valence-electron chi connectivity index (χ0n) is 38.6. The summed E-state index contributed by atoms with van der Waals surface area (Å²) in [4.78, 5) is 74.0. The van der Waals surface area contributed by atoms with Crippen LogP contribution in [0.1, 0.15) is 107 Å². The van der Waals surface area contributed by atoms with Gasteiger partial charge in [-0.3, -0.25) is 28.8 Å². The summed E-state index contributed by atoms with van der Waals surface area (Å²) in [5.41, 5.74) is 12.0. The number of carbonyl (C=O) groups excluding carboxylic acids is 6. The van der Waals surface area contributed by atoms with E-state index in [4.69, 9.17) is 0 Å². The van der Waals surface area contributed by atoms with E-state index in [0.29, 0.717) is 104 Å². The van der Waals surface area contributed by atoms with E-state index in [9.17, 15) is 59.4 Å². The molecule has 0 unspecified atom stereocenters. The van der Waals surface area contributed by atoms with Gasteiger partial charge in [0.1, 0.15) is 34.5 Å². The van der Waals surface area contributed by atoms with Crippen molar-refractivity contribution in [3.63, 3.8) is 0 Å². The lowest BCUT2D eigenvalue weighted by molar-refractivity contribution is 0.111. The molecular formula is C62H38O12. The van der Waals surface area contributed by atoms with Gasteiger partial charge in [-0.25, -0.2) is 0 Å². The van der Waals surface area contributed by atoms with Crippen LogP contribution in [0.15, 0.2) is 146 Å². The van der Waals surface area contributed by atoms with Crippen molar-refractivity contribution < 1.29 is 59.4 Å². The predicted molar refractivity (Wildman–Crippen MR) is 276 cm³/mol. The highest BCUT2D eigenvalue weighted by molar-refractivity contribution is 5.97. The van der Waals surface area contributed by atoms with E-state index in [-0.39, 0.29) is 67.9 Å². The molecule has 358 valence electrons. The third-order valence-corrected chi connectivity index (χ3v) is 14.3. The van der Waals surface area contributed by atoms with Gasteiger partial charge in [0.2, 0.25) is 0 Å². The van der Waals surface area contributed by atoms with Crippen LogP contribution in [0.3, 0.4) is 0 Å². The SMILES string of the molecule is O=Cc1cc(-c2cc3c(cc2-c2ccc(O)c(C=O)c2)C2c4cc(-c5ccc(O)c(C=O)c5)c(-c5ccc(O)c(C=O)c5)cc4C3c3cc(-c4ccc(O)c(C=O)c4)c(-c4ccc(O)c(C=O)c4)cc32)ccc1O. The number of rotatable bonds is 12. The number of phenols is 6. The van der Waals surface area contributed by atoms with Crippen LogP contribution in [0.25, 0.3) is 66.8 Å². The molecule has 2 bridgehead atoms. The average Bonchev–Trinajstić information content (AvgIpc) is 3.43. The molecule has 6 N–H and O–H groups in total. The number of benzene rings is 9. The quantitative estimate of drug-likeness (QED) is 0.0629. The summed E-state index contributed by atoms with van der Waals surface area (Å²) in [7, 11) is 0. The van der Waals surface area contributed by atoms with Crippen LogP contribution < -0.4 is 0 Å². The molecule has 0 aromatic heterocycles. The lowest BCUT2D eigenvalue weighted by atomic mass is 9.59. The summed E-state index contributed by atoms with van der Waals surface area (Å²) < 4.78 is 0. The molecule has 0 heterocycles. The molecular weight excluding hydrogens is 937 g/mol. The molecule has 74 heavy (non-hydrogen) atoms. The maximum absolute atomic E-state index is 12.3. The normalized spacial score (nSPS) is 13.8. The molecule has 9 aromatic carbocycles. The summed E-state index contributed by atoms with van der Waals surface area (Å²) in [6, 6.07) is 40.0. The highest BCUT2D eigenvalue weighted by atomic mass is 16.3. The van der Waals surface area contributed by atoms with Gasteiger partial charge in [0, 0.05) is 11.8 Å². The van der Waals surface area contributed by atoms with Crippen LogP contribution in [0.5, 0.6) is 34.5 Å². The number of hydrogen-bond donors (Lipinski definition) is 6. The Labute approximate surface area is 421 Å². The minimum Gasteiger partial charge on any atom is -0.507 e. The Morgan fingerprint density at radius 2 is 0.378 bits per heavy atom. The summed E-state index contributed by atoms with van der Waals surface area (Å²) in [6.07, 6.45) is 3.28. The largest absolute Gasteiger partial charge is 0.507 e. The van der Waals surface area contributed by atoms with E-state index >= 15 is 0 Å². The van der Waals surface area contributed by atoms with Gasteiger partial charge in [-0.05, 0) is 209 Å². The number of carbonyl (C=O) groups is 6. The number of hydrogen-bond acceptors (Lipinski definition) is 12. The maximum atomic E-state index is 12.3. The third kappa shape index (κ3) is 7.39. The van der Waals surface area contributed by atoms with E-state index in [1.54, 1.807) is 72.8 Å². The molecule has 0 saturated carbocycles. The van der Waals surface area contributed by atoms with Crippen LogP contribution in [-0.2, 0) is 0 Å². The number of phenolic OH excluding ortho intramolecular Hbond substituents is 6. The minimum absolute atomic E-state index is 0.0307. The van der Waals surface area contributed by atoms with Gasteiger partial charge >= 0.3 is 0 Å². The Morgan fingerprint density at radius 3 is 0.514 bits per heavy atom. The van der Waals surface area contributed by atoms with Crippen molar-refractivity contribution >= 4 is 37.7 Å². The minimum atomic E-state index is -0.623. The molecule has 0 amide bonds. The zero-order valence-corrected chi connectivity index (χ0v) is 38.6. The first-order chi connectivity index (χ1) is 35.9. The van der Waals surface area contributed by atoms with Crippen LogP contribution in [0.4, 0.5) is 0 Å². The summed E-state index contributed by atoms with van der Waals surface area (Å²) in [5.74, 6) is -2.63. The molecule has 3 aliphatic carbocycles. The fraction of sp³-hybridized carbons (Fsp3) is 0.0323. The van der Waals surface area contributed by atoms with Crippen molar-refractivity contribution in [3.05, 3.63) is 212 Å². The third-order valence-electron chi connectivity index (χ3n) is 14.3. The first kappa shape index (κ1) is 46.2. The fourth-order valence-electron chi connectivity index (χ4n) is 10.7. The van der Waals surface area contributed by atoms with Crippen molar-refractivity contribution in [2.45, 2.75) is 11.8 Å². The van der Waals surface area contributed by atoms with Crippen LogP contribution in [-0.4, -0.2) is 68.4 Å². The fourth-order valence-corrected chi connectivity index (χ4v) is 10.7. The lowest BCUT2D eigenvalue weighted by Crippen LogP contribution is -2.28. The van der Waals surface area contributed by atoms with Gasteiger partial charge in [-0.2, -0.15) is 0 Å². The van der Waals surface area contributed by atoms with Gasteiger partial charge in [0.05, 0.1) is 33.4 Å². The highest BCUT2D eigenvalue weighted by Crippen LogP contribution is 2.60. The molecule has 12 heteroatoms. The zero-order chi connectivity index (χ0) is 51.7. The van der Waals surface area contributed by atoms with E-state index in [1.807, 2.05) is 36.4 Å². The van der Waals surface area contributed by atoms with Crippen molar-refractivity contribution in [2.75, 3.05) is 0 Å². The van der Waals surface area contributed by atoms with E-state index < -0.39 is 11.8 Å². The maximum Gasteiger partial charge on any atom is 0.153 e. The highest BCUT2D eigenvalue weighted by Gasteiger charge is 2.44. The second-order valence-electron chi connectivity index (χ2n) is 18.3. The monoisotopic (exact) mass is 974 g/mol. The molecule has 12 rings (SSSR count). The molecule has 0 spiro atoms. The van der Waals surface area contributed by atoms with Crippen LogP contribution in [0.2, 0.25) is 0 Å². The van der Waals surface area contributed by atoms with Gasteiger partial charge in [0.15, 0.2) is 37.7 Å². The van der Waals surface area contributed by atoms with Gasteiger partial charge in [-0.15, -0.1) is 0 Å². The molecule has 0 radical (unpaired) electrons. The Kier molecular flexibility index (Phi) is 11.2. The molecule has 0 fully saturated rings. The van der Waals surface area contributed by atoms with E-state index in [2.05, 4.69) is 0 Å². The van der Waals surface area contributed by atoms with Gasteiger partial charge in [-0.1, -0.05) is 36.4 Å². The van der Waals surface area contributed by atoms with Crippen molar-refractivity contribution in [3.8, 4) is 101 Å². The number of aromatic hydroxyl groups is 6. The average molecular weight is 975 g/mol. The Hall–Kier alpha value is -10.2. The van der Waals surface area contributed by atoms with Gasteiger partial charge in [0.25, 0.3) is 0 Å². The molecule has 0 aliphatic heterocycles. The van der Waals surface area contributed by atoms with E-state index in [0.717, 1.165) is 33.4 Å². The Bertz CT molecular complexity index is 3300. The van der Waals surface area contributed by atoms with Crippen LogP contribution >= 0.6 is 0 Å². The molecule has 9 aromatic rings. The smallest absolute Gasteiger partial charge is 0.153 e. The van der Waals surface area contributed by atoms with Crippen molar-refractivity contribution in [1.29, 1.82) is 0 Å². The Balaban J connectivity index is 1.28. The lowest BCUT2D eigenvalue weighted by Gasteiger charge is -2.44. The molecule has 0 atom stereocenters. The first-order valence-electron chi connectivity index (χ1n) is 23.1. The second kappa shape index (κ2) is 17.9. The Morgan fingerprint density at radius 1 is 0.230 bits per heavy atom.